The van der Waals surface area contributed by atoms with E-state index in [0.717, 1.165) is 12.1 Å². The van der Waals surface area contributed by atoms with Crippen LogP contribution in [0.1, 0.15) is 13.8 Å². The standard InChI is InChI=1S/C6H4FNO3.C2H6/c7-5-3-4(9)1-2-6(5)8(10)11;1-2/h1-3,9H;1-2H3. The number of nitro benzene ring substituents is 1. The van der Waals surface area contributed by atoms with Gasteiger partial charge in [0.25, 0.3) is 0 Å². The zero-order chi connectivity index (χ0) is 10.4. The predicted molar refractivity (Wildman–Crippen MR) is 46.1 cm³/mol. The number of phenols is 1. The summed E-state index contributed by atoms with van der Waals surface area (Å²) in [5.74, 6) is -1.36. The van der Waals surface area contributed by atoms with Crippen LogP contribution in [0.2, 0.25) is 0 Å². The minimum atomic E-state index is -1.03. The monoisotopic (exact) mass is 187 g/mol. The summed E-state index contributed by atoms with van der Waals surface area (Å²) in [7, 11) is 0. The number of halogens is 1. The van der Waals surface area contributed by atoms with E-state index >= 15 is 0 Å². The Morgan fingerprint density at radius 3 is 2.38 bits per heavy atom. The predicted octanol–water partition coefficient (Wildman–Crippen LogP) is 2.47. The molecule has 1 rings (SSSR count). The normalized spacial score (nSPS) is 8.54. The summed E-state index contributed by atoms with van der Waals surface area (Å²) < 4.78 is 12.5. The molecule has 5 heteroatoms. The van der Waals surface area contributed by atoms with E-state index in [9.17, 15) is 14.5 Å². The second-order valence-corrected chi connectivity index (χ2v) is 1.89. The van der Waals surface area contributed by atoms with Crippen molar-refractivity contribution >= 4 is 5.69 Å². The number of nitrogens with zero attached hydrogens (tertiary/aromatic N) is 1. The van der Waals surface area contributed by atoms with Crippen molar-refractivity contribution in [2.45, 2.75) is 13.8 Å². The van der Waals surface area contributed by atoms with Gasteiger partial charge in [0.1, 0.15) is 5.75 Å². The zero-order valence-electron chi connectivity index (χ0n) is 7.32. The Balaban J connectivity index is 0.000000671. The molecule has 0 fully saturated rings. The fourth-order valence-corrected chi connectivity index (χ4v) is 0.644. The van der Waals surface area contributed by atoms with E-state index < -0.39 is 16.4 Å². The van der Waals surface area contributed by atoms with Crippen LogP contribution >= 0.6 is 0 Å². The van der Waals surface area contributed by atoms with Crippen molar-refractivity contribution in [2.24, 2.45) is 0 Å². The van der Waals surface area contributed by atoms with Crippen LogP contribution in [0.25, 0.3) is 0 Å². The van der Waals surface area contributed by atoms with Gasteiger partial charge in [-0.15, -0.1) is 0 Å². The van der Waals surface area contributed by atoms with Crippen LogP contribution in [0.15, 0.2) is 18.2 Å². The van der Waals surface area contributed by atoms with Crippen molar-refractivity contribution in [2.75, 3.05) is 0 Å². The Hall–Kier alpha value is -1.65. The number of rotatable bonds is 1. The van der Waals surface area contributed by atoms with E-state index in [1.165, 1.54) is 0 Å². The maximum Gasteiger partial charge on any atom is 0.305 e. The van der Waals surface area contributed by atoms with Crippen molar-refractivity contribution in [3.05, 3.63) is 34.1 Å². The largest absolute Gasteiger partial charge is 0.508 e. The molecule has 1 aromatic carbocycles. The first-order valence-corrected chi connectivity index (χ1v) is 3.74. The Morgan fingerprint density at radius 1 is 1.46 bits per heavy atom. The highest BCUT2D eigenvalue weighted by atomic mass is 19.1. The van der Waals surface area contributed by atoms with Gasteiger partial charge in [-0.2, -0.15) is 4.39 Å². The molecule has 0 unspecified atom stereocenters. The van der Waals surface area contributed by atoms with Crippen LogP contribution in [0.4, 0.5) is 10.1 Å². The van der Waals surface area contributed by atoms with Gasteiger partial charge in [-0.1, -0.05) is 13.8 Å². The summed E-state index contributed by atoms with van der Waals surface area (Å²) in [5, 5.41) is 18.7. The lowest BCUT2D eigenvalue weighted by Crippen LogP contribution is -1.90. The molecule has 1 aromatic rings. The van der Waals surface area contributed by atoms with Gasteiger partial charge in [-0.3, -0.25) is 10.1 Å². The van der Waals surface area contributed by atoms with Gasteiger partial charge in [-0.05, 0) is 6.07 Å². The second-order valence-electron chi connectivity index (χ2n) is 1.89. The van der Waals surface area contributed by atoms with Gasteiger partial charge in [-0.25, -0.2) is 0 Å². The first-order valence-electron chi connectivity index (χ1n) is 3.74. The van der Waals surface area contributed by atoms with Crippen molar-refractivity contribution in [3.63, 3.8) is 0 Å². The molecule has 0 amide bonds. The van der Waals surface area contributed by atoms with Crippen LogP contribution in [0, 0.1) is 15.9 Å². The Morgan fingerprint density at radius 2 is 2.00 bits per heavy atom. The van der Waals surface area contributed by atoms with Crippen molar-refractivity contribution in [3.8, 4) is 5.75 Å². The molecule has 0 bridgehead atoms. The van der Waals surface area contributed by atoms with Gasteiger partial charge >= 0.3 is 5.69 Å². The van der Waals surface area contributed by atoms with E-state index in [4.69, 9.17) is 5.11 Å². The molecule has 0 saturated heterocycles. The molecule has 4 nitrogen and oxygen atoms in total. The number of hydrogen-bond acceptors (Lipinski definition) is 3. The molecule has 0 radical (unpaired) electrons. The maximum atomic E-state index is 12.5. The smallest absolute Gasteiger partial charge is 0.305 e. The molecule has 0 heterocycles. The van der Waals surface area contributed by atoms with Crippen LogP contribution in [0.5, 0.6) is 5.75 Å². The molecule has 0 aliphatic carbocycles. The number of nitro groups is 1. The summed E-state index contributed by atoms with van der Waals surface area (Å²) in [5.41, 5.74) is -0.636. The highest BCUT2D eigenvalue weighted by Gasteiger charge is 2.12. The molecule has 0 saturated carbocycles. The van der Waals surface area contributed by atoms with E-state index in [2.05, 4.69) is 0 Å². The zero-order valence-corrected chi connectivity index (χ0v) is 7.32. The SMILES string of the molecule is CC.O=[N+]([O-])c1ccc(O)cc1F. The van der Waals surface area contributed by atoms with Crippen LogP contribution in [-0.4, -0.2) is 10.0 Å². The number of benzene rings is 1. The van der Waals surface area contributed by atoms with Gasteiger partial charge in [0.15, 0.2) is 0 Å². The van der Waals surface area contributed by atoms with Crippen molar-refractivity contribution in [1.82, 2.24) is 0 Å². The molecule has 0 aliphatic rings. The summed E-state index contributed by atoms with van der Waals surface area (Å²) in [4.78, 5) is 9.16. The topological polar surface area (TPSA) is 63.4 Å². The third kappa shape index (κ3) is 3.06. The first-order chi connectivity index (χ1) is 6.11. The number of hydrogen-bond donors (Lipinski definition) is 1. The Labute approximate surface area is 74.8 Å². The van der Waals surface area contributed by atoms with Crippen LogP contribution < -0.4 is 0 Å². The minimum Gasteiger partial charge on any atom is -0.508 e. The summed E-state index contributed by atoms with van der Waals surface area (Å²) in [6.07, 6.45) is 0. The highest BCUT2D eigenvalue weighted by molar-refractivity contribution is 5.37. The van der Waals surface area contributed by atoms with E-state index in [0.29, 0.717) is 6.07 Å². The molecular weight excluding hydrogens is 177 g/mol. The van der Waals surface area contributed by atoms with E-state index in [1.807, 2.05) is 13.8 Å². The average molecular weight is 187 g/mol. The molecule has 13 heavy (non-hydrogen) atoms. The summed E-state index contributed by atoms with van der Waals surface area (Å²) in [6.45, 7) is 4.00. The number of phenolic OH excluding ortho intramolecular Hbond substituents is 1. The molecule has 0 aliphatic heterocycles. The van der Waals surface area contributed by atoms with Gasteiger partial charge < -0.3 is 5.11 Å². The van der Waals surface area contributed by atoms with Crippen molar-refractivity contribution in [1.29, 1.82) is 0 Å². The Kier molecular flexibility index (Phi) is 4.43. The fourth-order valence-electron chi connectivity index (χ4n) is 0.644. The number of aromatic hydroxyl groups is 1. The lowest BCUT2D eigenvalue weighted by atomic mass is 10.3. The minimum absolute atomic E-state index is 0.326. The van der Waals surface area contributed by atoms with Crippen LogP contribution in [-0.2, 0) is 0 Å². The van der Waals surface area contributed by atoms with E-state index in [1.54, 1.807) is 0 Å². The molecule has 0 spiro atoms. The van der Waals surface area contributed by atoms with Gasteiger partial charge in [0.2, 0.25) is 5.82 Å². The average Bonchev–Trinajstić information content (AvgIpc) is 2.07. The quantitative estimate of drug-likeness (QED) is 0.542. The third-order valence-electron chi connectivity index (χ3n) is 1.13. The molecule has 1 N–H and O–H groups in total. The molecule has 0 atom stereocenters. The Bertz CT molecular complexity index is 301. The molecule has 0 aromatic heterocycles. The fraction of sp³-hybridized carbons (Fsp3) is 0.250. The van der Waals surface area contributed by atoms with Gasteiger partial charge in [0, 0.05) is 12.1 Å². The highest BCUT2D eigenvalue weighted by Crippen LogP contribution is 2.20. The lowest BCUT2D eigenvalue weighted by molar-refractivity contribution is -0.387. The maximum absolute atomic E-state index is 12.5. The van der Waals surface area contributed by atoms with Crippen molar-refractivity contribution < 1.29 is 14.4 Å². The van der Waals surface area contributed by atoms with Gasteiger partial charge in [0.05, 0.1) is 4.92 Å². The van der Waals surface area contributed by atoms with Crippen LogP contribution in [0.3, 0.4) is 0 Å². The lowest BCUT2D eigenvalue weighted by Gasteiger charge is -1.93. The molecular formula is C8H10FNO3. The summed E-state index contributed by atoms with van der Waals surface area (Å²) in [6, 6.07) is 2.66. The second kappa shape index (κ2) is 5.08. The van der Waals surface area contributed by atoms with E-state index in [-0.39, 0.29) is 5.75 Å². The summed E-state index contributed by atoms with van der Waals surface area (Å²) >= 11 is 0. The third-order valence-corrected chi connectivity index (χ3v) is 1.13. The molecule has 72 valence electrons. The first kappa shape index (κ1) is 11.4.